The topological polar surface area (TPSA) is 38.7 Å². The second kappa shape index (κ2) is 6.83. The summed E-state index contributed by atoms with van der Waals surface area (Å²) in [7, 11) is 3.19. The molecule has 1 unspecified atom stereocenters. The SMILES string of the molecule is COc1ccc(CC(O)c2ccc(C)c(Cl)c2)cc1OC. The van der Waals surface area contributed by atoms with Crippen molar-refractivity contribution in [2.45, 2.75) is 19.4 Å². The zero-order valence-corrected chi connectivity index (χ0v) is 13.1. The van der Waals surface area contributed by atoms with Crippen molar-refractivity contribution >= 4 is 11.6 Å². The van der Waals surface area contributed by atoms with Gasteiger partial charge in [0.2, 0.25) is 0 Å². The van der Waals surface area contributed by atoms with Crippen LogP contribution in [0, 0.1) is 6.92 Å². The highest BCUT2D eigenvalue weighted by atomic mass is 35.5. The van der Waals surface area contributed by atoms with E-state index in [9.17, 15) is 5.11 Å². The van der Waals surface area contributed by atoms with Crippen LogP contribution in [-0.4, -0.2) is 19.3 Å². The molecule has 0 saturated heterocycles. The van der Waals surface area contributed by atoms with E-state index in [1.165, 1.54) is 0 Å². The van der Waals surface area contributed by atoms with Crippen molar-refractivity contribution in [3.8, 4) is 11.5 Å². The third kappa shape index (κ3) is 3.69. The molecule has 0 spiro atoms. The van der Waals surface area contributed by atoms with Crippen molar-refractivity contribution in [2.75, 3.05) is 14.2 Å². The third-order valence-corrected chi connectivity index (χ3v) is 3.86. The molecule has 21 heavy (non-hydrogen) atoms. The molecule has 0 radical (unpaired) electrons. The molecule has 0 bridgehead atoms. The highest BCUT2D eigenvalue weighted by molar-refractivity contribution is 6.31. The van der Waals surface area contributed by atoms with Crippen LogP contribution in [0.2, 0.25) is 5.02 Å². The molecule has 2 aromatic rings. The lowest BCUT2D eigenvalue weighted by molar-refractivity contribution is 0.178. The summed E-state index contributed by atoms with van der Waals surface area (Å²) in [4.78, 5) is 0. The zero-order valence-electron chi connectivity index (χ0n) is 12.4. The van der Waals surface area contributed by atoms with Gasteiger partial charge in [-0.2, -0.15) is 0 Å². The fourth-order valence-electron chi connectivity index (χ4n) is 2.17. The molecular weight excluding hydrogens is 288 g/mol. The Balaban J connectivity index is 2.18. The lowest BCUT2D eigenvalue weighted by Gasteiger charge is -2.14. The van der Waals surface area contributed by atoms with Crippen LogP contribution in [0.3, 0.4) is 0 Å². The first-order valence-electron chi connectivity index (χ1n) is 6.70. The van der Waals surface area contributed by atoms with Gasteiger partial charge in [-0.3, -0.25) is 0 Å². The average molecular weight is 307 g/mol. The van der Waals surface area contributed by atoms with E-state index >= 15 is 0 Å². The van der Waals surface area contributed by atoms with E-state index in [-0.39, 0.29) is 0 Å². The number of ether oxygens (including phenoxy) is 2. The second-order valence-corrected chi connectivity index (χ2v) is 5.33. The first-order chi connectivity index (χ1) is 10.0. The quantitative estimate of drug-likeness (QED) is 0.909. The number of methoxy groups -OCH3 is 2. The molecular formula is C17H19ClO3. The van der Waals surface area contributed by atoms with Crippen molar-refractivity contribution in [3.63, 3.8) is 0 Å². The van der Waals surface area contributed by atoms with Crippen LogP contribution in [0.4, 0.5) is 0 Å². The lowest BCUT2D eigenvalue weighted by Crippen LogP contribution is -2.03. The van der Waals surface area contributed by atoms with Gasteiger partial charge in [-0.15, -0.1) is 0 Å². The number of hydrogen-bond acceptors (Lipinski definition) is 3. The number of halogens is 1. The van der Waals surface area contributed by atoms with Crippen LogP contribution in [0.15, 0.2) is 36.4 Å². The average Bonchev–Trinajstić information content (AvgIpc) is 2.49. The molecule has 3 nitrogen and oxygen atoms in total. The minimum Gasteiger partial charge on any atom is -0.493 e. The number of rotatable bonds is 5. The fraction of sp³-hybridized carbons (Fsp3) is 0.294. The predicted molar refractivity (Wildman–Crippen MR) is 84.4 cm³/mol. The van der Waals surface area contributed by atoms with Crippen LogP contribution in [0.5, 0.6) is 11.5 Å². The highest BCUT2D eigenvalue weighted by Gasteiger charge is 2.12. The molecule has 4 heteroatoms. The van der Waals surface area contributed by atoms with Gasteiger partial charge >= 0.3 is 0 Å². The molecule has 2 rings (SSSR count). The molecule has 0 aliphatic carbocycles. The molecule has 0 aromatic heterocycles. The maximum absolute atomic E-state index is 10.3. The largest absolute Gasteiger partial charge is 0.493 e. The fourth-order valence-corrected chi connectivity index (χ4v) is 2.35. The van der Waals surface area contributed by atoms with Gasteiger partial charge < -0.3 is 14.6 Å². The summed E-state index contributed by atoms with van der Waals surface area (Å²) < 4.78 is 10.5. The predicted octanol–water partition coefficient (Wildman–Crippen LogP) is 3.94. The summed E-state index contributed by atoms with van der Waals surface area (Å²) >= 11 is 6.10. The standard InChI is InChI=1S/C17H19ClO3/c1-11-4-6-13(10-14(11)18)15(19)8-12-5-7-16(20-2)17(9-12)21-3/h4-7,9-10,15,19H,8H2,1-3H3. The Kier molecular flexibility index (Phi) is 5.10. The van der Waals surface area contributed by atoms with Gasteiger partial charge in [-0.25, -0.2) is 0 Å². The molecule has 2 aromatic carbocycles. The minimum atomic E-state index is -0.610. The summed E-state index contributed by atoms with van der Waals surface area (Å²) in [6, 6.07) is 11.2. The van der Waals surface area contributed by atoms with Crippen LogP contribution < -0.4 is 9.47 Å². The third-order valence-electron chi connectivity index (χ3n) is 3.46. The van der Waals surface area contributed by atoms with Crippen LogP contribution in [0.1, 0.15) is 22.8 Å². The molecule has 0 heterocycles. The Morgan fingerprint density at radius 1 is 1.05 bits per heavy atom. The molecule has 0 aliphatic rings. The number of benzene rings is 2. The molecule has 0 fully saturated rings. The van der Waals surface area contributed by atoms with E-state index in [0.717, 1.165) is 16.7 Å². The molecule has 1 atom stereocenters. The summed E-state index contributed by atoms with van der Waals surface area (Å²) in [5, 5.41) is 11.0. The Labute approximate surface area is 130 Å². The van der Waals surface area contributed by atoms with Gasteiger partial charge in [0.1, 0.15) is 0 Å². The Morgan fingerprint density at radius 3 is 2.38 bits per heavy atom. The first-order valence-corrected chi connectivity index (χ1v) is 7.08. The number of aliphatic hydroxyl groups is 1. The Hall–Kier alpha value is -1.71. The van der Waals surface area contributed by atoms with Gasteiger partial charge in [0, 0.05) is 11.4 Å². The Bertz CT molecular complexity index is 625. The van der Waals surface area contributed by atoms with E-state index in [4.69, 9.17) is 21.1 Å². The lowest BCUT2D eigenvalue weighted by atomic mass is 10.00. The molecule has 1 N–H and O–H groups in total. The van der Waals surface area contributed by atoms with Gasteiger partial charge in [0.15, 0.2) is 11.5 Å². The van der Waals surface area contributed by atoms with Crippen molar-refractivity contribution < 1.29 is 14.6 Å². The number of aliphatic hydroxyl groups excluding tert-OH is 1. The molecule has 112 valence electrons. The summed E-state index contributed by atoms with van der Waals surface area (Å²) in [5.41, 5.74) is 2.77. The van der Waals surface area contributed by atoms with Crippen molar-refractivity contribution in [1.29, 1.82) is 0 Å². The zero-order chi connectivity index (χ0) is 15.4. The van der Waals surface area contributed by atoms with Gasteiger partial charge in [0.05, 0.1) is 20.3 Å². The van der Waals surface area contributed by atoms with Crippen LogP contribution in [0.25, 0.3) is 0 Å². The Morgan fingerprint density at radius 2 is 1.76 bits per heavy atom. The number of aryl methyl sites for hydroxylation is 1. The molecule has 0 amide bonds. The van der Waals surface area contributed by atoms with Gasteiger partial charge in [-0.1, -0.05) is 29.8 Å². The van der Waals surface area contributed by atoms with Crippen molar-refractivity contribution in [2.24, 2.45) is 0 Å². The maximum atomic E-state index is 10.3. The maximum Gasteiger partial charge on any atom is 0.160 e. The van der Waals surface area contributed by atoms with Crippen molar-refractivity contribution in [3.05, 3.63) is 58.1 Å². The molecule has 0 aliphatic heterocycles. The van der Waals surface area contributed by atoms with Gasteiger partial charge in [-0.05, 0) is 41.8 Å². The van der Waals surface area contributed by atoms with Crippen LogP contribution >= 0.6 is 11.6 Å². The summed E-state index contributed by atoms with van der Waals surface area (Å²) in [6.07, 6.45) is -0.124. The normalized spacial score (nSPS) is 12.0. The molecule has 0 saturated carbocycles. The van der Waals surface area contributed by atoms with E-state index < -0.39 is 6.10 Å². The monoisotopic (exact) mass is 306 g/mol. The second-order valence-electron chi connectivity index (χ2n) is 4.92. The van der Waals surface area contributed by atoms with Crippen LogP contribution in [-0.2, 0) is 6.42 Å². The first kappa shape index (κ1) is 15.7. The summed E-state index contributed by atoms with van der Waals surface area (Å²) in [5.74, 6) is 1.33. The van der Waals surface area contributed by atoms with E-state index in [2.05, 4.69) is 0 Å². The highest BCUT2D eigenvalue weighted by Crippen LogP contribution is 2.30. The minimum absolute atomic E-state index is 0.486. The summed E-state index contributed by atoms with van der Waals surface area (Å²) in [6.45, 7) is 1.94. The van der Waals surface area contributed by atoms with E-state index in [1.807, 2.05) is 43.3 Å². The van der Waals surface area contributed by atoms with E-state index in [0.29, 0.717) is 22.9 Å². The number of hydrogen-bond donors (Lipinski definition) is 1. The van der Waals surface area contributed by atoms with Crippen molar-refractivity contribution in [1.82, 2.24) is 0 Å². The van der Waals surface area contributed by atoms with E-state index in [1.54, 1.807) is 14.2 Å². The smallest absolute Gasteiger partial charge is 0.160 e. The van der Waals surface area contributed by atoms with Gasteiger partial charge in [0.25, 0.3) is 0 Å².